The van der Waals surface area contributed by atoms with Crippen molar-refractivity contribution in [2.75, 3.05) is 18.9 Å². The normalized spacial score (nSPS) is 13.6. The smallest absolute Gasteiger partial charge is 0.241 e. The molecule has 1 unspecified atom stereocenters. The van der Waals surface area contributed by atoms with Crippen LogP contribution in [0.3, 0.4) is 0 Å². The molecule has 0 aliphatic heterocycles. The first kappa shape index (κ1) is 15.7. The molecular formula is C9H12BrClN2O4S. The van der Waals surface area contributed by atoms with E-state index in [0.717, 1.165) is 0 Å². The predicted octanol–water partition coefficient (Wildman–Crippen LogP) is 0.316. The Morgan fingerprint density at radius 2 is 2.11 bits per heavy atom. The maximum absolute atomic E-state index is 11.9. The van der Waals surface area contributed by atoms with Gasteiger partial charge >= 0.3 is 0 Å². The molecule has 102 valence electrons. The van der Waals surface area contributed by atoms with Crippen LogP contribution in [0.5, 0.6) is 0 Å². The molecule has 0 radical (unpaired) electrons. The molecule has 0 heterocycles. The van der Waals surface area contributed by atoms with Crippen molar-refractivity contribution in [1.29, 1.82) is 0 Å². The molecule has 0 saturated carbocycles. The molecule has 0 amide bonds. The Hall–Kier alpha value is -0.380. The molecule has 0 fully saturated rings. The molecule has 1 rings (SSSR count). The van der Waals surface area contributed by atoms with Crippen LogP contribution in [0.2, 0.25) is 5.02 Å². The number of hydrogen-bond donors (Lipinski definition) is 4. The minimum absolute atomic E-state index is 0.127. The Morgan fingerprint density at radius 1 is 1.50 bits per heavy atom. The molecular weight excluding hydrogens is 348 g/mol. The van der Waals surface area contributed by atoms with Gasteiger partial charge in [-0.05, 0) is 28.1 Å². The summed E-state index contributed by atoms with van der Waals surface area (Å²) in [5.41, 5.74) is 5.77. The third kappa shape index (κ3) is 3.81. The standard InChI is InChI=1S/C9H12BrClN2O4S/c10-9-7(12)1-5(11)2-8(9)18(16,17)13-3-6(15)4-14/h1-2,6,13-15H,3-4,12H2. The number of benzene rings is 1. The number of nitrogens with two attached hydrogens (primary N) is 1. The van der Waals surface area contributed by atoms with Crippen LogP contribution in [0.1, 0.15) is 0 Å². The fourth-order valence-corrected chi connectivity index (χ4v) is 3.49. The van der Waals surface area contributed by atoms with Crippen LogP contribution in [0, 0.1) is 0 Å². The lowest BCUT2D eigenvalue weighted by Crippen LogP contribution is -2.34. The summed E-state index contributed by atoms with van der Waals surface area (Å²) in [6.07, 6.45) is -1.17. The SMILES string of the molecule is Nc1cc(Cl)cc(S(=O)(=O)NCC(O)CO)c1Br. The zero-order chi connectivity index (χ0) is 13.9. The van der Waals surface area contributed by atoms with Gasteiger partial charge in [0.25, 0.3) is 0 Å². The molecule has 0 saturated heterocycles. The van der Waals surface area contributed by atoms with Gasteiger partial charge in [-0.1, -0.05) is 11.6 Å². The van der Waals surface area contributed by atoms with E-state index in [0.29, 0.717) is 0 Å². The summed E-state index contributed by atoms with van der Waals surface area (Å²) in [7, 11) is -3.87. The number of nitrogens with one attached hydrogen (secondary N) is 1. The Morgan fingerprint density at radius 3 is 2.67 bits per heavy atom. The van der Waals surface area contributed by atoms with E-state index < -0.39 is 22.7 Å². The van der Waals surface area contributed by atoms with Gasteiger partial charge in [0, 0.05) is 17.3 Å². The highest BCUT2D eigenvalue weighted by Gasteiger charge is 2.20. The second-order valence-corrected chi connectivity index (χ2v) is 6.46. The number of aliphatic hydroxyl groups excluding tert-OH is 2. The predicted molar refractivity (Wildman–Crippen MR) is 71.8 cm³/mol. The zero-order valence-corrected chi connectivity index (χ0v) is 12.3. The van der Waals surface area contributed by atoms with Crippen molar-refractivity contribution in [2.24, 2.45) is 0 Å². The highest BCUT2D eigenvalue weighted by Crippen LogP contribution is 2.31. The highest BCUT2D eigenvalue weighted by atomic mass is 79.9. The summed E-state index contributed by atoms with van der Waals surface area (Å²) < 4.78 is 26.2. The van der Waals surface area contributed by atoms with E-state index in [-0.39, 0.29) is 26.6 Å². The first-order valence-corrected chi connectivity index (χ1v) is 7.46. The summed E-state index contributed by atoms with van der Waals surface area (Å²) in [6, 6.07) is 2.64. The van der Waals surface area contributed by atoms with Gasteiger partial charge in [-0.15, -0.1) is 0 Å². The number of anilines is 1. The summed E-state index contributed by atoms with van der Waals surface area (Å²) in [5.74, 6) is 0. The van der Waals surface area contributed by atoms with Gasteiger partial charge in [0.2, 0.25) is 10.0 Å². The monoisotopic (exact) mass is 358 g/mol. The average Bonchev–Trinajstić information content (AvgIpc) is 2.30. The van der Waals surface area contributed by atoms with E-state index in [9.17, 15) is 8.42 Å². The third-order valence-electron chi connectivity index (χ3n) is 2.04. The van der Waals surface area contributed by atoms with Crippen LogP contribution in [0.25, 0.3) is 0 Å². The van der Waals surface area contributed by atoms with Crippen LogP contribution in [0.15, 0.2) is 21.5 Å². The lowest BCUT2D eigenvalue weighted by molar-refractivity contribution is 0.0988. The molecule has 0 bridgehead atoms. The van der Waals surface area contributed by atoms with Gasteiger partial charge in [0.15, 0.2) is 0 Å². The summed E-state index contributed by atoms with van der Waals surface area (Å²) in [5, 5.41) is 17.9. The molecule has 5 N–H and O–H groups in total. The first-order chi connectivity index (χ1) is 8.27. The molecule has 1 aromatic carbocycles. The summed E-state index contributed by atoms with van der Waals surface area (Å²) in [6.45, 7) is -0.848. The Labute approximate surface area is 118 Å². The molecule has 18 heavy (non-hydrogen) atoms. The number of sulfonamides is 1. The van der Waals surface area contributed by atoms with Gasteiger partial charge < -0.3 is 15.9 Å². The maximum Gasteiger partial charge on any atom is 0.241 e. The largest absolute Gasteiger partial charge is 0.398 e. The summed E-state index contributed by atoms with van der Waals surface area (Å²) in [4.78, 5) is -0.127. The number of nitrogen functional groups attached to an aromatic ring is 1. The van der Waals surface area contributed by atoms with Crippen LogP contribution in [-0.2, 0) is 10.0 Å². The second kappa shape index (κ2) is 6.18. The maximum atomic E-state index is 11.9. The number of halogens is 2. The molecule has 0 aromatic heterocycles. The second-order valence-electron chi connectivity index (χ2n) is 3.50. The number of hydrogen-bond acceptors (Lipinski definition) is 5. The van der Waals surface area contributed by atoms with Crippen LogP contribution < -0.4 is 10.5 Å². The molecule has 0 aliphatic carbocycles. The molecule has 0 spiro atoms. The van der Waals surface area contributed by atoms with E-state index >= 15 is 0 Å². The van der Waals surface area contributed by atoms with Crippen molar-refractivity contribution < 1.29 is 18.6 Å². The molecule has 1 aromatic rings. The first-order valence-electron chi connectivity index (χ1n) is 4.81. The Bertz CT molecular complexity index is 538. The van der Waals surface area contributed by atoms with E-state index in [4.69, 9.17) is 27.5 Å². The van der Waals surface area contributed by atoms with Crippen LogP contribution in [-0.4, -0.2) is 37.9 Å². The van der Waals surface area contributed by atoms with Crippen LogP contribution in [0.4, 0.5) is 5.69 Å². The lowest BCUT2D eigenvalue weighted by Gasteiger charge is -2.12. The van der Waals surface area contributed by atoms with Gasteiger partial charge in [0.05, 0.1) is 22.1 Å². The van der Waals surface area contributed by atoms with Crippen molar-refractivity contribution in [2.45, 2.75) is 11.0 Å². The molecule has 1 atom stereocenters. The number of rotatable bonds is 5. The van der Waals surface area contributed by atoms with Gasteiger partial charge in [-0.3, -0.25) is 0 Å². The molecule has 6 nitrogen and oxygen atoms in total. The quantitative estimate of drug-likeness (QED) is 0.565. The molecule has 0 aliphatic rings. The number of aliphatic hydroxyl groups is 2. The van der Waals surface area contributed by atoms with Crippen molar-refractivity contribution in [3.05, 3.63) is 21.6 Å². The van der Waals surface area contributed by atoms with Crippen molar-refractivity contribution in [1.82, 2.24) is 4.72 Å². The molecule has 9 heteroatoms. The fourth-order valence-electron chi connectivity index (χ4n) is 1.13. The lowest BCUT2D eigenvalue weighted by atomic mass is 10.3. The van der Waals surface area contributed by atoms with Gasteiger partial charge in [0.1, 0.15) is 0 Å². The van der Waals surface area contributed by atoms with E-state index in [2.05, 4.69) is 20.7 Å². The Kier molecular flexibility index (Phi) is 5.38. The fraction of sp³-hybridized carbons (Fsp3) is 0.333. The minimum atomic E-state index is -3.87. The van der Waals surface area contributed by atoms with E-state index in [1.54, 1.807) is 0 Å². The Balaban J connectivity index is 3.05. The summed E-state index contributed by atoms with van der Waals surface area (Å²) >= 11 is 8.80. The van der Waals surface area contributed by atoms with Crippen molar-refractivity contribution in [3.8, 4) is 0 Å². The van der Waals surface area contributed by atoms with Gasteiger partial charge in [-0.2, -0.15) is 0 Å². The topological polar surface area (TPSA) is 113 Å². The van der Waals surface area contributed by atoms with Crippen molar-refractivity contribution in [3.63, 3.8) is 0 Å². The average molecular weight is 360 g/mol. The zero-order valence-electron chi connectivity index (χ0n) is 9.10. The van der Waals surface area contributed by atoms with Crippen molar-refractivity contribution >= 4 is 43.2 Å². The van der Waals surface area contributed by atoms with E-state index in [1.807, 2.05) is 0 Å². The van der Waals surface area contributed by atoms with Gasteiger partial charge in [-0.25, -0.2) is 13.1 Å². The third-order valence-corrected chi connectivity index (χ3v) is 4.85. The van der Waals surface area contributed by atoms with E-state index in [1.165, 1.54) is 12.1 Å². The highest BCUT2D eigenvalue weighted by molar-refractivity contribution is 9.10. The van der Waals surface area contributed by atoms with Crippen LogP contribution >= 0.6 is 27.5 Å². The minimum Gasteiger partial charge on any atom is -0.398 e.